The molecule has 6 nitrogen and oxygen atoms in total. The van der Waals surface area contributed by atoms with Gasteiger partial charge in [0, 0.05) is 31.5 Å². The highest BCUT2D eigenvalue weighted by molar-refractivity contribution is 5.95. The number of methoxy groups -OCH3 is 2. The van der Waals surface area contributed by atoms with Gasteiger partial charge in [-0.15, -0.1) is 0 Å². The van der Waals surface area contributed by atoms with E-state index in [4.69, 9.17) is 10.5 Å². The first-order chi connectivity index (χ1) is 9.97. The number of amides is 1. The maximum atomic E-state index is 13.3. The number of nitrogens with two attached hydrogens (primary N) is 1. The van der Waals surface area contributed by atoms with Crippen molar-refractivity contribution in [1.82, 2.24) is 4.90 Å². The zero-order valence-electron chi connectivity index (χ0n) is 12.1. The van der Waals surface area contributed by atoms with E-state index in [1.54, 1.807) is 0 Å². The summed E-state index contributed by atoms with van der Waals surface area (Å²) in [5, 5.41) is 0. The number of halogens is 1. The molecular formula is C14H19FN2O4. The van der Waals surface area contributed by atoms with Crippen molar-refractivity contribution in [2.45, 2.75) is 6.42 Å². The molecule has 1 amide bonds. The Bertz CT molecular complexity index is 487. The van der Waals surface area contributed by atoms with Gasteiger partial charge in [0.15, 0.2) is 0 Å². The van der Waals surface area contributed by atoms with Gasteiger partial charge in [-0.1, -0.05) is 0 Å². The van der Waals surface area contributed by atoms with Crippen molar-refractivity contribution in [1.29, 1.82) is 0 Å². The molecule has 7 heteroatoms. The minimum absolute atomic E-state index is 0.0523. The molecule has 0 aliphatic heterocycles. The first-order valence-electron chi connectivity index (χ1n) is 6.39. The number of hydrogen-bond donors (Lipinski definition) is 1. The molecule has 0 spiro atoms. The Hall–Kier alpha value is -2.15. The van der Waals surface area contributed by atoms with Crippen LogP contribution in [0.1, 0.15) is 16.8 Å². The summed E-state index contributed by atoms with van der Waals surface area (Å²) in [6.45, 7) is 0.742. The second-order valence-corrected chi connectivity index (χ2v) is 4.38. The third-order valence-electron chi connectivity index (χ3n) is 2.83. The smallest absolute Gasteiger partial charge is 0.307 e. The van der Waals surface area contributed by atoms with Crippen LogP contribution in [0.3, 0.4) is 0 Å². The van der Waals surface area contributed by atoms with E-state index < -0.39 is 17.7 Å². The summed E-state index contributed by atoms with van der Waals surface area (Å²) in [6.07, 6.45) is 0.0523. The average molecular weight is 298 g/mol. The number of nitrogens with zero attached hydrogens (tertiary/aromatic N) is 1. The fourth-order valence-electron chi connectivity index (χ4n) is 1.76. The summed E-state index contributed by atoms with van der Waals surface area (Å²) in [5.41, 5.74) is 5.83. The van der Waals surface area contributed by atoms with Crippen molar-refractivity contribution in [2.24, 2.45) is 0 Å². The second kappa shape index (κ2) is 8.21. The van der Waals surface area contributed by atoms with E-state index in [2.05, 4.69) is 4.74 Å². The first kappa shape index (κ1) is 16.9. The Morgan fingerprint density at radius 3 is 2.52 bits per heavy atom. The van der Waals surface area contributed by atoms with Crippen LogP contribution in [-0.4, -0.2) is 50.7 Å². The SMILES string of the molecule is COCCN(CCC(=O)OC)C(=O)c1cc(N)cc(F)c1. The number of anilines is 1. The topological polar surface area (TPSA) is 81.9 Å². The molecule has 1 aromatic carbocycles. The van der Waals surface area contributed by atoms with E-state index in [1.807, 2.05) is 0 Å². The molecule has 0 radical (unpaired) electrons. The van der Waals surface area contributed by atoms with Crippen LogP contribution < -0.4 is 5.73 Å². The van der Waals surface area contributed by atoms with E-state index in [1.165, 1.54) is 25.2 Å². The number of benzene rings is 1. The van der Waals surface area contributed by atoms with Crippen molar-refractivity contribution in [2.75, 3.05) is 39.6 Å². The van der Waals surface area contributed by atoms with Gasteiger partial charge in [0.25, 0.3) is 5.91 Å². The molecule has 0 aromatic heterocycles. The highest BCUT2D eigenvalue weighted by Gasteiger charge is 2.18. The molecule has 0 saturated heterocycles. The monoisotopic (exact) mass is 298 g/mol. The van der Waals surface area contributed by atoms with Crippen molar-refractivity contribution in [3.63, 3.8) is 0 Å². The highest BCUT2D eigenvalue weighted by Crippen LogP contribution is 2.13. The van der Waals surface area contributed by atoms with Crippen LogP contribution in [0.2, 0.25) is 0 Å². The van der Waals surface area contributed by atoms with Crippen LogP contribution in [0.5, 0.6) is 0 Å². The summed E-state index contributed by atoms with van der Waals surface area (Å²) < 4.78 is 22.8. The summed E-state index contributed by atoms with van der Waals surface area (Å²) in [7, 11) is 2.78. The maximum absolute atomic E-state index is 13.3. The lowest BCUT2D eigenvalue weighted by atomic mass is 10.1. The zero-order chi connectivity index (χ0) is 15.8. The van der Waals surface area contributed by atoms with Gasteiger partial charge in [0.1, 0.15) is 5.82 Å². The lowest BCUT2D eigenvalue weighted by Crippen LogP contribution is -2.36. The van der Waals surface area contributed by atoms with Gasteiger partial charge in [-0.2, -0.15) is 0 Å². The van der Waals surface area contributed by atoms with Crippen molar-refractivity contribution < 1.29 is 23.5 Å². The number of esters is 1. The number of ether oxygens (including phenoxy) is 2. The fourth-order valence-corrected chi connectivity index (χ4v) is 1.76. The Kier molecular flexibility index (Phi) is 6.61. The second-order valence-electron chi connectivity index (χ2n) is 4.38. The quantitative estimate of drug-likeness (QED) is 0.601. The Labute approximate surface area is 122 Å². The van der Waals surface area contributed by atoms with Gasteiger partial charge in [-0.3, -0.25) is 9.59 Å². The van der Waals surface area contributed by atoms with E-state index >= 15 is 0 Å². The Morgan fingerprint density at radius 2 is 1.95 bits per heavy atom. The molecule has 21 heavy (non-hydrogen) atoms. The molecule has 0 fully saturated rings. The molecule has 1 aromatic rings. The minimum Gasteiger partial charge on any atom is -0.469 e. The normalized spacial score (nSPS) is 10.2. The molecule has 2 N–H and O–H groups in total. The molecule has 0 heterocycles. The zero-order valence-corrected chi connectivity index (χ0v) is 12.1. The highest BCUT2D eigenvalue weighted by atomic mass is 19.1. The van der Waals surface area contributed by atoms with E-state index in [0.717, 1.165) is 12.1 Å². The summed E-state index contributed by atoms with van der Waals surface area (Å²) >= 11 is 0. The molecule has 0 saturated carbocycles. The average Bonchev–Trinajstić information content (AvgIpc) is 2.45. The van der Waals surface area contributed by atoms with Crippen LogP contribution in [-0.2, 0) is 14.3 Å². The largest absolute Gasteiger partial charge is 0.469 e. The molecule has 0 unspecified atom stereocenters. The van der Waals surface area contributed by atoms with E-state index in [9.17, 15) is 14.0 Å². The Balaban J connectivity index is 2.84. The third-order valence-corrected chi connectivity index (χ3v) is 2.83. The number of hydrogen-bond acceptors (Lipinski definition) is 5. The van der Waals surface area contributed by atoms with Gasteiger partial charge in [-0.05, 0) is 18.2 Å². The molecule has 1 rings (SSSR count). The number of carbonyl (C=O) groups excluding carboxylic acids is 2. The first-order valence-corrected chi connectivity index (χ1v) is 6.39. The van der Waals surface area contributed by atoms with Crippen LogP contribution in [0.4, 0.5) is 10.1 Å². The lowest BCUT2D eigenvalue weighted by molar-refractivity contribution is -0.140. The van der Waals surface area contributed by atoms with Crippen LogP contribution in [0, 0.1) is 5.82 Å². The standard InChI is InChI=1S/C14H19FN2O4/c1-20-6-5-17(4-3-13(18)21-2)14(19)10-7-11(15)9-12(16)8-10/h7-9H,3-6,16H2,1-2H3. The van der Waals surface area contributed by atoms with Gasteiger partial charge in [0.05, 0.1) is 20.1 Å². The Morgan fingerprint density at radius 1 is 1.24 bits per heavy atom. The molecule has 0 aliphatic carbocycles. The van der Waals surface area contributed by atoms with E-state index in [0.29, 0.717) is 6.61 Å². The molecule has 116 valence electrons. The molecule has 0 aliphatic rings. The van der Waals surface area contributed by atoms with Crippen molar-refractivity contribution >= 4 is 17.6 Å². The van der Waals surface area contributed by atoms with Gasteiger partial charge < -0.3 is 20.1 Å². The van der Waals surface area contributed by atoms with Gasteiger partial charge >= 0.3 is 5.97 Å². The lowest BCUT2D eigenvalue weighted by Gasteiger charge is -2.22. The summed E-state index contributed by atoms with van der Waals surface area (Å²) in [4.78, 5) is 24.9. The fraction of sp³-hybridized carbons (Fsp3) is 0.429. The predicted molar refractivity (Wildman–Crippen MR) is 75.2 cm³/mol. The maximum Gasteiger partial charge on any atom is 0.307 e. The van der Waals surface area contributed by atoms with Crippen LogP contribution >= 0.6 is 0 Å². The summed E-state index contributed by atoms with van der Waals surface area (Å²) in [5.74, 6) is -1.43. The minimum atomic E-state index is -0.585. The van der Waals surface area contributed by atoms with Gasteiger partial charge in [-0.25, -0.2) is 4.39 Å². The van der Waals surface area contributed by atoms with Crippen LogP contribution in [0.25, 0.3) is 0 Å². The molecule has 0 bridgehead atoms. The number of nitrogen functional groups attached to an aromatic ring is 1. The summed E-state index contributed by atoms with van der Waals surface area (Å²) in [6, 6.07) is 3.63. The predicted octanol–water partition coefficient (Wildman–Crippen LogP) is 1.06. The van der Waals surface area contributed by atoms with E-state index in [-0.39, 0.29) is 30.8 Å². The third kappa shape index (κ3) is 5.39. The van der Waals surface area contributed by atoms with Crippen LogP contribution in [0.15, 0.2) is 18.2 Å². The molecular weight excluding hydrogens is 279 g/mol. The van der Waals surface area contributed by atoms with Gasteiger partial charge in [0.2, 0.25) is 0 Å². The number of rotatable bonds is 7. The molecule has 0 atom stereocenters. The number of carbonyl (C=O) groups is 2. The van der Waals surface area contributed by atoms with Crippen molar-refractivity contribution in [3.05, 3.63) is 29.6 Å². The van der Waals surface area contributed by atoms with Crippen molar-refractivity contribution in [3.8, 4) is 0 Å².